The Labute approximate surface area is 177 Å². The van der Waals surface area contributed by atoms with Crippen molar-refractivity contribution < 1.29 is 19.1 Å². The first-order chi connectivity index (χ1) is 13.9. The van der Waals surface area contributed by atoms with Crippen molar-refractivity contribution in [3.63, 3.8) is 0 Å². The van der Waals surface area contributed by atoms with Gasteiger partial charge in [-0.3, -0.25) is 9.59 Å². The van der Waals surface area contributed by atoms with Crippen molar-refractivity contribution in [3.05, 3.63) is 56.9 Å². The number of amides is 3. The zero-order chi connectivity index (χ0) is 21.0. The number of carbonyl (C=O) groups is 3. The van der Waals surface area contributed by atoms with E-state index in [1.165, 1.54) is 24.5 Å². The number of carbonyl (C=O) groups excluding carboxylic acids is 3. The van der Waals surface area contributed by atoms with Crippen molar-refractivity contribution in [1.82, 2.24) is 10.2 Å². The van der Waals surface area contributed by atoms with Crippen molar-refractivity contribution in [3.8, 4) is 0 Å². The van der Waals surface area contributed by atoms with Crippen LogP contribution in [0.1, 0.15) is 26.4 Å². The Kier molecular flexibility index (Phi) is 6.56. The highest BCUT2D eigenvalue weighted by Crippen LogP contribution is 2.37. The van der Waals surface area contributed by atoms with E-state index >= 15 is 0 Å². The molecule has 0 saturated carbocycles. The minimum atomic E-state index is -0.418. The zero-order valence-corrected chi connectivity index (χ0v) is 17.5. The predicted molar refractivity (Wildman–Crippen MR) is 113 cm³/mol. The van der Waals surface area contributed by atoms with Crippen molar-refractivity contribution in [1.29, 1.82) is 0 Å². The van der Waals surface area contributed by atoms with E-state index < -0.39 is 6.09 Å². The molecular formula is C20H20ClN3O4S. The molecule has 2 heterocycles. The number of ether oxygens (including phenoxy) is 1. The summed E-state index contributed by atoms with van der Waals surface area (Å²) in [4.78, 5) is 39.1. The molecule has 3 amide bonds. The van der Waals surface area contributed by atoms with Crippen molar-refractivity contribution in [2.75, 3.05) is 26.0 Å². The van der Waals surface area contributed by atoms with Crippen molar-refractivity contribution in [2.24, 2.45) is 0 Å². The Balaban J connectivity index is 1.84. The molecule has 0 bridgehead atoms. The van der Waals surface area contributed by atoms with Gasteiger partial charge in [-0.25, -0.2) is 4.79 Å². The Morgan fingerprint density at radius 1 is 1.28 bits per heavy atom. The Hall–Kier alpha value is -2.84. The average molecular weight is 434 g/mol. The molecule has 1 aliphatic heterocycles. The summed E-state index contributed by atoms with van der Waals surface area (Å²) in [6.45, 7) is 0.780. The first kappa shape index (κ1) is 20.9. The number of thiophene rings is 1. The number of nitrogens with zero attached hydrogens (tertiary/aromatic N) is 1. The summed E-state index contributed by atoms with van der Waals surface area (Å²) in [5.41, 5.74) is 2.01. The number of rotatable bonds is 4. The van der Waals surface area contributed by atoms with Crippen LogP contribution in [0.5, 0.6) is 0 Å². The fraction of sp³-hybridized carbons (Fsp3) is 0.250. The van der Waals surface area contributed by atoms with Crippen LogP contribution >= 0.6 is 22.9 Å². The van der Waals surface area contributed by atoms with Crippen LogP contribution in [0.2, 0.25) is 5.02 Å². The summed E-state index contributed by atoms with van der Waals surface area (Å²) in [5, 5.41) is 6.39. The number of hydrogen-bond acceptors (Lipinski definition) is 5. The Morgan fingerprint density at radius 2 is 2.03 bits per heavy atom. The van der Waals surface area contributed by atoms with E-state index in [0.29, 0.717) is 35.1 Å². The van der Waals surface area contributed by atoms with E-state index in [9.17, 15) is 14.4 Å². The van der Waals surface area contributed by atoms with Gasteiger partial charge in [0.1, 0.15) is 5.00 Å². The van der Waals surface area contributed by atoms with Crippen LogP contribution in [0.4, 0.5) is 9.80 Å². The SMILES string of the molecule is CNC(=O)c1c(NC(=O)/C=C/c2ccccc2Cl)sc2c1CCN(C(=O)OC)C2. The molecular weight excluding hydrogens is 414 g/mol. The monoisotopic (exact) mass is 433 g/mol. The van der Waals surface area contributed by atoms with Gasteiger partial charge in [0.2, 0.25) is 5.91 Å². The molecule has 0 unspecified atom stereocenters. The van der Waals surface area contributed by atoms with Crippen LogP contribution in [0.3, 0.4) is 0 Å². The number of halogens is 1. The molecule has 0 fully saturated rings. The average Bonchev–Trinajstić information content (AvgIpc) is 3.08. The molecule has 1 aromatic carbocycles. The maximum Gasteiger partial charge on any atom is 0.409 e. The summed E-state index contributed by atoms with van der Waals surface area (Å²) in [7, 11) is 2.87. The standard InChI is InChI=1S/C20H20ClN3O4S/c1-22-18(26)17-13-9-10-24(20(27)28-2)11-15(13)29-19(17)23-16(25)8-7-12-5-3-4-6-14(12)21/h3-8H,9-11H2,1-2H3,(H,22,26)(H,23,25)/b8-7+. The fourth-order valence-corrected chi connectivity index (χ4v) is 4.53. The lowest BCUT2D eigenvalue weighted by Crippen LogP contribution is -2.35. The van der Waals surface area contributed by atoms with Crippen LogP contribution in [0.15, 0.2) is 30.3 Å². The lowest BCUT2D eigenvalue weighted by Gasteiger charge is -2.25. The molecule has 0 radical (unpaired) electrons. The van der Waals surface area contributed by atoms with Gasteiger partial charge >= 0.3 is 6.09 Å². The highest BCUT2D eigenvalue weighted by Gasteiger charge is 2.30. The minimum Gasteiger partial charge on any atom is -0.453 e. The number of anilines is 1. The second-order valence-corrected chi connectivity index (χ2v) is 7.79. The van der Waals surface area contributed by atoms with Gasteiger partial charge in [0.15, 0.2) is 0 Å². The lowest BCUT2D eigenvalue weighted by molar-refractivity contribution is -0.111. The fourth-order valence-electron chi connectivity index (χ4n) is 3.07. The maximum atomic E-state index is 12.4. The molecule has 0 atom stereocenters. The van der Waals surface area contributed by atoms with E-state index in [-0.39, 0.29) is 11.8 Å². The van der Waals surface area contributed by atoms with Gasteiger partial charge in [-0.2, -0.15) is 0 Å². The minimum absolute atomic E-state index is 0.278. The predicted octanol–water partition coefficient (Wildman–Crippen LogP) is 3.54. The van der Waals surface area contributed by atoms with Gasteiger partial charge < -0.3 is 20.3 Å². The van der Waals surface area contributed by atoms with E-state index in [2.05, 4.69) is 10.6 Å². The number of benzene rings is 1. The Morgan fingerprint density at radius 3 is 2.72 bits per heavy atom. The molecule has 3 rings (SSSR count). The van der Waals surface area contributed by atoms with Crippen LogP contribution in [-0.2, 0) is 22.5 Å². The topological polar surface area (TPSA) is 87.7 Å². The highest BCUT2D eigenvalue weighted by molar-refractivity contribution is 7.17. The molecule has 2 N–H and O–H groups in total. The summed E-state index contributed by atoms with van der Waals surface area (Å²) in [6, 6.07) is 7.17. The number of methoxy groups -OCH3 is 1. The Bertz CT molecular complexity index is 986. The number of hydrogen-bond donors (Lipinski definition) is 2. The molecule has 152 valence electrons. The quantitative estimate of drug-likeness (QED) is 0.722. The molecule has 7 nitrogen and oxygen atoms in total. The third-order valence-corrected chi connectivity index (χ3v) is 5.98. The van der Waals surface area contributed by atoms with Gasteiger partial charge in [-0.1, -0.05) is 29.8 Å². The van der Waals surface area contributed by atoms with Gasteiger partial charge in [-0.15, -0.1) is 11.3 Å². The van der Waals surface area contributed by atoms with Crippen LogP contribution < -0.4 is 10.6 Å². The number of fused-ring (bicyclic) bond motifs is 1. The highest BCUT2D eigenvalue weighted by atomic mass is 35.5. The van der Waals surface area contributed by atoms with Crippen LogP contribution in [-0.4, -0.2) is 43.5 Å². The summed E-state index contributed by atoms with van der Waals surface area (Å²) in [5.74, 6) is -0.655. The second-order valence-electron chi connectivity index (χ2n) is 6.27. The molecule has 9 heteroatoms. The van der Waals surface area contributed by atoms with Crippen LogP contribution in [0, 0.1) is 0 Å². The van der Waals surface area contributed by atoms with E-state index in [1.54, 1.807) is 30.2 Å². The zero-order valence-electron chi connectivity index (χ0n) is 16.0. The molecule has 29 heavy (non-hydrogen) atoms. The summed E-state index contributed by atoms with van der Waals surface area (Å²) in [6.07, 6.45) is 3.08. The molecule has 0 saturated heterocycles. The van der Waals surface area contributed by atoms with Gasteiger partial charge in [-0.05, 0) is 29.7 Å². The molecule has 0 aliphatic carbocycles. The molecule has 1 aromatic heterocycles. The largest absolute Gasteiger partial charge is 0.453 e. The summed E-state index contributed by atoms with van der Waals surface area (Å²) < 4.78 is 4.78. The molecule has 2 aromatic rings. The third kappa shape index (κ3) is 4.60. The smallest absolute Gasteiger partial charge is 0.409 e. The van der Waals surface area contributed by atoms with Gasteiger partial charge in [0, 0.05) is 29.6 Å². The summed E-state index contributed by atoms with van der Waals surface area (Å²) >= 11 is 7.39. The lowest BCUT2D eigenvalue weighted by atomic mass is 10.0. The van der Waals surface area contributed by atoms with E-state index in [4.69, 9.17) is 16.3 Å². The third-order valence-electron chi connectivity index (χ3n) is 4.50. The normalized spacial score (nSPS) is 13.1. The van der Waals surface area contributed by atoms with Crippen molar-refractivity contribution >= 4 is 51.9 Å². The maximum absolute atomic E-state index is 12.4. The van der Waals surface area contributed by atoms with Gasteiger partial charge in [0.25, 0.3) is 5.91 Å². The van der Waals surface area contributed by atoms with E-state index in [1.807, 2.05) is 12.1 Å². The first-order valence-corrected chi connectivity index (χ1v) is 10.1. The van der Waals surface area contributed by atoms with E-state index in [0.717, 1.165) is 16.0 Å². The first-order valence-electron chi connectivity index (χ1n) is 8.87. The van der Waals surface area contributed by atoms with Gasteiger partial charge in [0.05, 0.1) is 19.2 Å². The molecule has 0 spiro atoms. The van der Waals surface area contributed by atoms with Crippen LogP contribution in [0.25, 0.3) is 6.08 Å². The van der Waals surface area contributed by atoms with Crippen molar-refractivity contribution in [2.45, 2.75) is 13.0 Å². The number of nitrogens with one attached hydrogen (secondary N) is 2. The molecule has 1 aliphatic rings. The second kappa shape index (κ2) is 9.11.